The maximum Gasteiger partial charge on any atom is 0.305 e. The summed E-state index contributed by atoms with van der Waals surface area (Å²) < 4.78 is 6.29. The van der Waals surface area contributed by atoms with Crippen LogP contribution in [0.4, 0.5) is 5.82 Å². The zero-order chi connectivity index (χ0) is 16.9. The molecule has 0 aliphatic rings. The number of ether oxygens (including phenoxy) is 1. The fraction of sp³-hybridized carbons (Fsp3) is 0.250. The van der Waals surface area contributed by atoms with Crippen LogP contribution in [0.15, 0.2) is 35.7 Å². The van der Waals surface area contributed by atoms with E-state index in [1.165, 1.54) is 18.4 Å². The molecule has 7 nitrogen and oxygen atoms in total. The van der Waals surface area contributed by atoms with Crippen LogP contribution in [0.2, 0.25) is 0 Å². The van der Waals surface area contributed by atoms with Crippen LogP contribution in [-0.4, -0.2) is 33.1 Å². The van der Waals surface area contributed by atoms with Crippen molar-refractivity contribution in [1.29, 1.82) is 0 Å². The quantitative estimate of drug-likeness (QED) is 0.689. The molecule has 0 bridgehead atoms. The molecule has 124 valence electrons. The van der Waals surface area contributed by atoms with Crippen molar-refractivity contribution in [2.45, 2.75) is 19.4 Å². The lowest BCUT2D eigenvalue weighted by atomic mass is 10.2. The van der Waals surface area contributed by atoms with E-state index >= 15 is 0 Å². The van der Waals surface area contributed by atoms with Crippen molar-refractivity contribution in [2.75, 3.05) is 12.8 Å². The summed E-state index contributed by atoms with van der Waals surface area (Å²) in [6.07, 6.45) is 0.830. The zero-order valence-electron chi connectivity index (χ0n) is 13.2. The smallest absolute Gasteiger partial charge is 0.305 e. The predicted octanol–water partition coefficient (Wildman–Crippen LogP) is 2.14. The van der Waals surface area contributed by atoms with E-state index in [9.17, 15) is 4.79 Å². The van der Waals surface area contributed by atoms with Gasteiger partial charge in [-0.3, -0.25) is 4.79 Å². The number of thiazole rings is 1. The molecule has 2 aromatic heterocycles. The Morgan fingerprint density at radius 3 is 2.88 bits per heavy atom. The van der Waals surface area contributed by atoms with E-state index in [4.69, 9.17) is 5.73 Å². The normalized spacial score (nSPS) is 10.7. The highest BCUT2D eigenvalue weighted by Gasteiger charge is 2.16. The first-order chi connectivity index (χ1) is 11.7. The standard InChI is InChI=1S/C16H17N5O2S/c1-23-13(22)8-7-12-10-24-16(18-12)14-15(17)21(20-19-14)9-11-5-3-2-4-6-11/h2-6,10H,7-9,17H2,1H3. The van der Waals surface area contributed by atoms with Gasteiger partial charge in [0, 0.05) is 11.8 Å². The molecule has 24 heavy (non-hydrogen) atoms. The van der Waals surface area contributed by atoms with Gasteiger partial charge in [-0.15, -0.1) is 16.4 Å². The largest absolute Gasteiger partial charge is 0.469 e. The van der Waals surface area contributed by atoms with Gasteiger partial charge in [0.2, 0.25) is 0 Å². The van der Waals surface area contributed by atoms with E-state index in [0.717, 1.165) is 11.3 Å². The molecule has 0 aliphatic heterocycles. The minimum atomic E-state index is -0.252. The number of rotatable bonds is 6. The van der Waals surface area contributed by atoms with E-state index in [-0.39, 0.29) is 5.97 Å². The van der Waals surface area contributed by atoms with Gasteiger partial charge in [0.1, 0.15) is 5.01 Å². The van der Waals surface area contributed by atoms with E-state index in [2.05, 4.69) is 20.0 Å². The first-order valence-electron chi connectivity index (χ1n) is 7.42. The second kappa shape index (κ2) is 7.22. The summed E-state index contributed by atoms with van der Waals surface area (Å²) in [4.78, 5) is 15.7. The highest BCUT2D eigenvalue weighted by molar-refractivity contribution is 7.13. The number of carbonyl (C=O) groups excluding carboxylic acids is 1. The van der Waals surface area contributed by atoms with Gasteiger partial charge >= 0.3 is 5.97 Å². The third-order valence-corrected chi connectivity index (χ3v) is 4.41. The summed E-state index contributed by atoms with van der Waals surface area (Å²) >= 11 is 1.44. The Kier molecular flexibility index (Phi) is 4.85. The van der Waals surface area contributed by atoms with E-state index in [0.29, 0.717) is 35.9 Å². The van der Waals surface area contributed by atoms with Gasteiger partial charge in [-0.25, -0.2) is 9.67 Å². The maximum atomic E-state index is 11.2. The van der Waals surface area contributed by atoms with Crippen molar-refractivity contribution in [3.05, 3.63) is 47.0 Å². The lowest BCUT2D eigenvalue weighted by molar-refractivity contribution is -0.140. The molecule has 0 spiro atoms. The molecule has 2 heterocycles. The average Bonchev–Trinajstić information content (AvgIpc) is 3.21. The number of nitrogen functional groups attached to an aromatic ring is 1. The Hall–Kier alpha value is -2.74. The molecule has 0 aliphatic carbocycles. The molecule has 0 saturated heterocycles. The predicted molar refractivity (Wildman–Crippen MR) is 91.4 cm³/mol. The molecule has 8 heteroatoms. The molecule has 0 fully saturated rings. The van der Waals surface area contributed by atoms with Crippen LogP contribution >= 0.6 is 11.3 Å². The Balaban J connectivity index is 1.74. The summed E-state index contributed by atoms with van der Waals surface area (Å²) in [5, 5.41) is 10.9. The van der Waals surface area contributed by atoms with Gasteiger partial charge in [-0.05, 0) is 5.56 Å². The van der Waals surface area contributed by atoms with Gasteiger partial charge in [0.05, 0.1) is 25.8 Å². The Morgan fingerprint density at radius 2 is 2.12 bits per heavy atom. The summed E-state index contributed by atoms with van der Waals surface area (Å²) in [5.41, 5.74) is 8.65. The van der Waals surface area contributed by atoms with Crippen LogP contribution < -0.4 is 5.73 Å². The number of hydrogen-bond acceptors (Lipinski definition) is 7. The van der Waals surface area contributed by atoms with Gasteiger partial charge < -0.3 is 10.5 Å². The van der Waals surface area contributed by atoms with Crippen LogP contribution in [0.25, 0.3) is 10.7 Å². The Bertz CT molecular complexity index is 828. The third kappa shape index (κ3) is 3.60. The number of esters is 1. The van der Waals surface area contributed by atoms with Crippen LogP contribution in [-0.2, 0) is 22.5 Å². The molecule has 1 aromatic carbocycles. The molecule has 3 aromatic rings. The molecular weight excluding hydrogens is 326 g/mol. The SMILES string of the molecule is COC(=O)CCc1csc(-c2nnn(Cc3ccccc3)c2N)n1. The van der Waals surface area contributed by atoms with E-state index < -0.39 is 0 Å². The molecule has 0 radical (unpaired) electrons. The number of nitrogens with zero attached hydrogens (tertiary/aromatic N) is 4. The van der Waals surface area contributed by atoms with E-state index in [1.807, 2.05) is 35.7 Å². The monoisotopic (exact) mass is 343 g/mol. The van der Waals surface area contributed by atoms with Crippen molar-refractivity contribution >= 4 is 23.1 Å². The van der Waals surface area contributed by atoms with E-state index in [1.54, 1.807) is 4.68 Å². The second-order valence-corrected chi connectivity index (χ2v) is 6.04. The molecular formula is C16H17N5O2S. The van der Waals surface area contributed by atoms with Gasteiger partial charge in [0.25, 0.3) is 0 Å². The summed E-state index contributed by atoms with van der Waals surface area (Å²) in [5.74, 6) is 0.227. The summed E-state index contributed by atoms with van der Waals surface area (Å²) in [6, 6.07) is 9.92. The van der Waals surface area contributed by atoms with Crippen LogP contribution in [0.3, 0.4) is 0 Å². The Labute approximate surface area is 143 Å². The number of aryl methyl sites for hydroxylation is 1. The first kappa shape index (κ1) is 16.1. The molecule has 0 amide bonds. The topological polar surface area (TPSA) is 95.9 Å². The fourth-order valence-corrected chi connectivity index (χ4v) is 3.05. The number of anilines is 1. The van der Waals surface area contributed by atoms with Crippen LogP contribution in [0.5, 0.6) is 0 Å². The van der Waals surface area contributed by atoms with Crippen molar-refractivity contribution in [1.82, 2.24) is 20.0 Å². The van der Waals surface area contributed by atoms with Gasteiger partial charge in [-0.1, -0.05) is 35.5 Å². The number of methoxy groups -OCH3 is 1. The van der Waals surface area contributed by atoms with Crippen molar-refractivity contribution in [3.8, 4) is 10.7 Å². The molecule has 0 saturated carbocycles. The van der Waals surface area contributed by atoms with Gasteiger partial charge in [-0.2, -0.15) is 0 Å². The Morgan fingerprint density at radius 1 is 1.33 bits per heavy atom. The summed E-state index contributed by atoms with van der Waals surface area (Å²) in [7, 11) is 1.38. The second-order valence-electron chi connectivity index (χ2n) is 5.19. The fourth-order valence-electron chi connectivity index (χ4n) is 2.21. The van der Waals surface area contributed by atoms with Crippen molar-refractivity contribution in [2.24, 2.45) is 0 Å². The van der Waals surface area contributed by atoms with Crippen molar-refractivity contribution < 1.29 is 9.53 Å². The van der Waals surface area contributed by atoms with Gasteiger partial charge in [0.15, 0.2) is 11.5 Å². The molecule has 2 N–H and O–H groups in total. The molecule has 0 atom stereocenters. The average molecular weight is 343 g/mol. The van der Waals surface area contributed by atoms with Crippen LogP contribution in [0, 0.1) is 0 Å². The minimum absolute atomic E-state index is 0.252. The lowest BCUT2D eigenvalue weighted by Crippen LogP contribution is -2.06. The number of nitrogens with two attached hydrogens (primary N) is 1. The molecule has 3 rings (SSSR count). The molecule has 0 unspecified atom stereocenters. The zero-order valence-corrected chi connectivity index (χ0v) is 14.0. The summed E-state index contributed by atoms with van der Waals surface area (Å²) in [6.45, 7) is 0.556. The minimum Gasteiger partial charge on any atom is -0.469 e. The highest BCUT2D eigenvalue weighted by Crippen LogP contribution is 2.27. The third-order valence-electron chi connectivity index (χ3n) is 3.52. The van der Waals surface area contributed by atoms with Crippen molar-refractivity contribution in [3.63, 3.8) is 0 Å². The maximum absolute atomic E-state index is 11.2. The number of carbonyl (C=O) groups is 1. The highest BCUT2D eigenvalue weighted by atomic mass is 32.1. The van der Waals surface area contributed by atoms with Crippen LogP contribution in [0.1, 0.15) is 17.7 Å². The lowest BCUT2D eigenvalue weighted by Gasteiger charge is -2.02. The number of benzene rings is 1. The number of hydrogen-bond donors (Lipinski definition) is 1. The first-order valence-corrected chi connectivity index (χ1v) is 8.30. The number of aromatic nitrogens is 4.